The first-order chi connectivity index (χ1) is 21.5. The summed E-state index contributed by atoms with van der Waals surface area (Å²) in [6.07, 6.45) is -2.37. The number of hydrogen-bond acceptors (Lipinski definition) is 6. The average molecular weight is 644 g/mol. The Morgan fingerprint density at radius 3 is 2.28 bits per heavy atom. The van der Waals surface area contributed by atoms with Gasteiger partial charge in [0.15, 0.2) is 5.67 Å². The number of anilines is 2. The number of carboxylic acids is 1. The van der Waals surface area contributed by atoms with E-state index >= 15 is 0 Å². The van der Waals surface area contributed by atoms with Crippen LogP contribution in [0.3, 0.4) is 0 Å². The Labute approximate surface area is 262 Å². The van der Waals surface area contributed by atoms with Gasteiger partial charge in [-0.2, -0.15) is 13.2 Å². The fraction of sp³-hybridized carbons (Fsp3) is 0.344. The van der Waals surface area contributed by atoms with Crippen LogP contribution in [-0.4, -0.2) is 64.1 Å². The number of carboxylic acid groups (broad SMARTS) is 1. The fourth-order valence-electron chi connectivity index (χ4n) is 5.57. The standard InChI is InChI=1S/C30H32FN5O3.C2HF3O2/c1-29(2,31)28(39)36(17-21-8-5-4-7-20(21)16-32-3)18-25(37)34-23-11-10-19-14-30(15-22(19)13-23)24-9-6-12-33-26(24)35-27(30)38;3-2(4,5)1(6)7/h4-13,32H,14-18H2,1-3H3,(H,34,37)(H,33,35,38);(H,6,7)/t30-;/m1./s1. The normalized spacial score (nSPS) is 16.5. The summed E-state index contributed by atoms with van der Waals surface area (Å²) in [5.74, 6) is -3.42. The van der Waals surface area contributed by atoms with Crippen molar-refractivity contribution in [2.75, 3.05) is 24.2 Å². The fourth-order valence-corrected chi connectivity index (χ4v) is 5.57. The molecule has 46 heavy (non-hydrogen) atoms. The molecule has 1 aliphatic carbocycles. The van der Waals surface area contributed by atoms with Gasteiger partial charge in [-0.1, -0.05) is 36.4 Å². The van der Waals surface area contributed by atoms with Gasteiger partial charge in [0, 0.05) is 30.5 Å². The number of carbonyl (C=O) groups is 4. The summed E-state index contributed by atoms with van der Waals surface area (Å²) < 4.78 is 46.5. The van der Waals surface area contributed by atoms with Gasteiger partial charge in [-0.05, 0) is 74.2 Å². The third-order valence-electron chi connectivity index (χ3n) is 7.68. The molecule has 3 amide bonds. The van der Waals surface area contributed by atoms with Crippen LogP contribution >= 0.6 is 0 Å². The Hall–Kier alpha value is -4.85. The van der Waals surface area contributed by atoms with Gasteiger partial charge in [-0.15, -0.1) is 0 Å². The van der Waals surface area contributed by atoms with Crippen molar-refractivity contribution in [2.45, 2.75) is 57.0 Å². The number of rotatable bonds is 8. The molecule has 2 aliphatic rings. The zero-order chi connectivity index (χ0) is 33.9. The maximum Gasteiger partial charge on any atom is 0.490 e. The number of amides is 3. The van der Waals surface area contributed by atoms with Crippen LogP contribution in [0.25, 0.3) is 0 Å². The van der Waals surface area contributed by atoms with Crippen molar-refractivity contribution in [1.82, 2.24) is 15.2 Å². The maximum atomic E-state index is 14.7. The molecule has 10 nitrogen and oxygen atoms in total. The highest BCUT2D eigenvalue weighted by molar-refractivity contribution is 6.06. The number of carbonyl (C=O) groups excluding carboxylic acids is 3. The largest absolute Gasteiger partial charge is 0.490 e. The highest BCUT2D eigenvalue weighted by atomic mass is 19.4. The van der Waals surface area contributed by atoms with E-state index in [2.05, 4.69) is 20.9 Å². The molecule has 0 bridgehead atoms. The predicted molar refractivity (Wildman–Crippen MR) is 161 cm³/mol. The lowest BCUT2D eigenvalue weighted by Gasteiger charge is -2.28. The summed E-state index contributed by atoms with van der Waals surface area (Å²) in [5, 5.41) is 16.0. The number of aromatic nitrogens is 1. The van der Waals surface area contributed by atoms with Crippen molar-refractivity contribution >= 4 is 35.2 Å². The van der Waals surface area contributed by atoms with Crippen molar-refractivity contribution in [3.8, 4) is 0 Å². The first kappa shape index (κ1) is 34.0. The number of halogens is 4. The van der Waals surface area contributed by atoms with E-state index < -0.39 is 35.0 Å². The van der Waals surface area contributed by atoms with E-state index in [-0.39, 0.29) is 19.0 Å². The van der Waals surface area contributed by atoms with Gasteiger partial charge in [0.2, 0.25) is 11.8 Å². The van der Waals surface area contributed by atoms with E-state index in [1.165, 1.54) is 18.7 Å². The first-order valence-corrected chi connectivity index (χ1v) is 14.2. The van der Waals surface area contributed by atoms with Crippen molar-refractivity contribution in [3.05, 3.63) is 88.6 Å². The molecule has 5 rings (SSSR count). The SMILES string of the molecule is CNCc1ccccc1CN(CC(=O)Nc1ccc2c(c1)C[C@@]1(C2)C(=O)Nc2ncccc21)C(=O)C(C)(C)F.O=C(O)C(F)(F)F. The maximum absolute atomic E-state index is 14.7. The van der Waals surface area contributed by atoms with Gasteiger partial charge in [0.25, 0.3) is 5.91 Å². The Balaban J connectivity index is 0.000000617. The lowest BCUT2D eigenvalue weighted by molar-refractivity contribution is -0.192. The summed E-state index contributed by atoms with van der Waals surface area (Å²) in [4.78, 5) is 53.5. The number of fused-ring (bicyclic) bond motifs is 3. The molecule has 244 valence electrons. The van der Waals surface area contributed by atoms with Crippen LogP contribution in [0.1, 0.15) is 41.7 Å². The number of nitrogens with one attached hydrogen (secondary N) is 3. The van der Waals surface area contributed by atoms with Crippen molar-refractivity contribution in [2.24, 2.45) is 0 Å². The second-order valence-electron chi connectivity index (χ2n) is 11.6. The molecule has 4 N–H and O–H groups in total. The molecule has 2 aromatic carbocycles. The Morgan fingerprint density at radius 2 is 1.65 bits per heavy atom. The van der Waals surface area contributed by atoms with E-state index in [9.17, 15) is 31.9 Å². The van der Waals surface area contributed by atoms with Gasteiger partial charge in [0.05, 0.1) is 5.41 Å². The molecule has 1 spiro atoms. The summed E-state index contributed by atoms with van der Waals surface area (Å²) in [6, 6.07) is 16.9. The van der Waals surface area contributed by atoms with Gasteiger partial charge < -0.3 is 26.0 Å². The monoisotopic (exact) mass is 643 g/mol. The van der Waals surface area contributed by atoms with E-state index in [1.807, 2.05) is 55.6 Å². The second kappa shape index (κ2) is 13.3. The highest BCUT2D eigenvalue weighted by Gasteiger charge is 2.51. The minimum absolute atomic E-state index is 0.0699. The lowest BCUT2D eigenvalue weighted by atomic mass is 9.79. The molecule has 0 radical (unpaired) electrons. The number of nitrogens with zero attached hydrogens (tertiary/aromatic N) is 2. The number of alkyl halides is 4. The summed E-state index contributed by atoms with van der Waals surface area (Å²) >= 11 is 0. The van der Waals surface area contributed by atoms with Crippen LogP contribution < -0.4 is 16.0 Å². The minimum Gasteiger partial charge on any atom is -0.475 e. The summed E-state index contributed by atoms with van der Waals surface area (Å²) in [5.41, 5.74) is 2.43. The zero-order valence-electron chi connectivity index (χ0n) is 25.3. The van der Waals surface area contributed by atoms with Crippen LogP contribution in [0.5, 0.6) is 0 Å². The van der Waals surface area contributed by atoms with Gasteiger partial charge in [-0.25, -0.2) is 14.2 Å². The van der Waals surface area contributed by atoms with E-state index in [4.69, 9.17) is 9.90 Å². The van der Waals surface area contributed by atoms with E-state index in [1.54, 1.807) is 12.3 Å². The molecule has 2 heterocycles. The lowest BCUT2D eigenvalue weighted by Crippen LogP contribution is -2.45. The molecule has 1 aliphatic heterocycles. The number of benzene rings is 2. The van der Waals surface area contributed by atoms with Gasteiger partial charge in [-0.3, -0.25) is 14.4 Å². The van der Waals surface area contributed by atoms with Crippen LogP contribution in [0.15, 0.2) is 60.8 Å². The van der Waals surface area contributed by atoms with Crippen molar-refractivity contribution in [1.29, 1.82) is 0 Å². The molecule has 0 fully saturated rings. The third kappa shape index (κ3) is 7.50. The molecule has 14 heteroatoms. The third-order valence-corrected chi connectivity index (χ3v) is 7.68. The van der Waals surface area contributed by atoms with Crippen LogP contribution in [0.2, 0.25) is 0 Å². The summed E-state index contributed by atoms with van der Waals surface area (Å²) in [7, 11) is 1.82. The molecule has 3 aromatic rings. The van der Waals surface area contributed by atoms with Gasteiger partial charge in [0.1, 0.15) is 12.4 Å². The molecule has 1 aromatic heterocycles. The molecular formula is C32H33F4N5O5. The van der Waals surface area contributed by atoms with Crippen LogP contribution in [0, 0.1) is 0 Å². The number of hydrogen-bond donors (Lipinski definition) is 4. The Kier molecular flexibility index (Phi) is 9.80. The zero-order valence-corrected chi connectivity index (χ0v) is 25.3. The minimum atomic E-state index is -5.08. The number of aliphatic carboxylic acids is 1. The van der Waals surface area contributed by atoms with Crippen molar-refractivity contribution < 1.29 is 41.8 Å². The second-order valence-corrected chi connectivity index (χ2v) is 11.6. The topological polar surface area (TPSA) is 141 Å². The Morgan fingerprint density at radius 1 is 1.00 bits per heavy atom. The van der Waals surface area contributed by atoms with E-state index in [0.717, 1.165) is 27.8 Å². The predicted octanol–water partition coefficient (Wildman–Crippen LogP) is 4.14. The van der Waals surface area contributed by atoms with E-state index in [0.29, 0.717) is 30.9 Å². The Bertz CT molecular complexity index is 1660. The quantitative estimate of drug-likeness (QED) is 0.271. The highest BCUT2D eigenvalue weighted by Crippen LogP contribution is 2.46. The molecular weight excluding hydrogens is 610 g/mol. The summed E-state index contributed by atoms with van der Waals surface area (Å²) in [6.45, 7) is 2.78. The van der Waals surface area contributed by atoms with Crippen molar-refractivity contribution in [3.63, 3.8) is 0 Å². The smallest absolute Gasteiger partial charge is 0.475 e. The van der Waals surface area contributed by atoms with Crippen LogP contribution in [-0.2, 0) is 50.5 Å². The van der Waals surface area contributed by atoms with Crippen LogP contribution in [0.4, 0.5) is 29.1 Å². The average Bonchev–Trinajstić information content (AvgIpc) is 3.49. The molecule has 1 atom stereocenters. The van der Waals surface area contributed by atoms with Gasteiger partial charge >= 0.3 is 12.1 Å². The molecule has 0 unspecified atom stereocenters. The first-order valence-electron chi connectivity index (χ1n) is 14.2. The molecule has 0 saturated heterocycles. The number of pyridine rings is 1. The molecule has 0 saturated carbocycles.